The second kappa shape index (κ2) is 6.91. The largest absolute Gasteiger partial charge is 0.352 e. The van der Waals surface area contributed by atoms with E-state index in [0.717, 1.165) is 38.8 Å². The predicted molar refractivity (Wildman–Crippen MR) is 78.4 cm³/mol. The fraction of sp³-hybridized carbons (Fsp3) is 0.800. The van der Waals surface area contributed by atoms with E-state index < -0.39 is 0 Å². The Kier molecular flexibility index (Phi) is 5.20. The molecule has 0 aromatic heterocycles. The molecule has 1 N–H and O–H groups in total. The first-order valence-corrected chi connectivity index (χ1v) is 7.78. The Balaban J connectivity index is 1.92. The van der Waals surface area contributed by atoms with Crippen molar-refractivity contribution in [3.63, 3.8) is 0 Å². The van der Waals surface area contributed by atoms with Crippen LogP contribution in [0.5, 0.6) is 0 Å². The number of hydrogen-bond donors (Lipinski definition) is 1. The van der Waals surface area contributed by atoms with Gasteiger partial charge in [-0.3, -0.25) is 14.4 Å². The molecule has 6 heteroatoms. The van der Waals surface area contributed by atoms with Crippen LogP contribution in [0.15, 0.2) is 0 Å². The predicted octanol–water partition coefficient (Wildman–Crippen LogP) is 0.372. The zero-order chi connectivity index (χ0) is 15.4. The Hall–Kier alpha value is -1.59. The SMILES string of the molecule is CC(=O)N[C@@H]1CCCN(C(=O)[C@@H]2CCCN(C(C)=O)C2)C1. The smallest absolute Gasteiger partial charge is 0.227 e. The Bertz CT molecular complexity index is 424. The van der Waals surface area contributed by atoms with Gasteiger partial charge in [0.05, 0.1) is 5.92 Å². The lowest BCUT2D eigenvalue weighted by Crippen LogP contribution is -2.53. The summed E-state index contributed by atoms with van der Waals surface area (Å²) in [4.78, 5) is 38.9. The zero-order valence-electron chi connectivity index (χ0n) is 12.9. The van der Waals surface area contributed by atoms with E-state index >= 15 is 0 Å². The van der Waals surface area contributed by atoms with Gasteiger partial charge in [-0.25, -0.2) is 0 Å². The number of likely N-dealkylation sites (tertiary alicyclic amines) is 2. The van der Waals surface area contributed by atoms with Gasteiger partial charge in [-0.15, -0.1) is 0 Å². The van der Waals surface area contributed by atoms with Crippen LogP contribution >= 0.6 is 0 Å². The van der Waals surface area contributed by atoms with Crippen molar-refractivity contribution in [3.05, 3.63) is 0 Å². The third kappa shape index (κ3) is 4.19. The van der Waals surface area contributed by atoms with Gasteiger partial charge < -0.3 is 15.1 Å². The number of hydrogen-bond acceptors (Lipinski definition) is 3. The fourth-order valence-corrected chi connectivity index (χ4v) is 3.31. The van der Waals surface area contributed by atoms with Crippen LogP contribution in [0.2, 0.25) is 0 Å². The van der Waals surface area contributed by atoms with E-state index in [2.05, 4.69) is 5.32 Å². The van der Waals surface area contributed by atoms with E-state index in [1.165, 1.54) is 6.92 Å². The quantitative estimate of drug-likeness (QED) is 0.800. The summed E-state index contributed by atoms with van der Waals surface area (Å²) in [6.45, 7) is 5.71. The van der Waals surface area contributed by atoms with Crippen LogP contribution in [0.3, 0.4) is 0 Å². The minimum atomic E-state index is -0.0845. The summed E-state index contributed by atoms with van der Waals surface area (Å²) in [5.74, 6) is 0.0479. The molecule has 2 aliphatic heterocycles. The molecule has 0 radical (unpaired) electrons. The molecule has 21 heavy (non-hydrogen) atoms. The van der Waals surface area contributed by atoms with E-state index in [-0.39, 0.29) is 29.7 Å². The second-order valence-corrected chi connectivity index (χ2v) is 6.13. The normalized spacial score (nSPS) is 26.4. The minimum absolute atomic E-state index is 0.0438. The molecule has 2 saturated heterocycles. The summed E-state index contributed by atoms with van der Waals surface area (Å²) in [5, 5.41) is 2.90. The average molecular weight is 295 g/mol. The van der Waals surface area contributed by atoms with Gasteiger partial charge in [0, 0.05) is 46.1 Å². The van der Waals surface area contributed by atoms with Crippen LogP contribution in [-0.2, 0) is 14.4 Å². The van der Waals surface area contributed by atoms with Crippen LogP contribution < -0.4 is 5.32 Å². The van der Waals surface area contributed by atoms with Gasteiger partial charge in [-0.05, 0) is 25.7 Å². The molecule has 6 nitrogen and oxygen atoms in total. The minimum Gasteiger partial charge on any atom is -0.352 e. The lowest BCUT2D eigenvalue weighted by atomic mass is 9.95. The third-order valence-corrected chi connectivity index (χ3v) is 4.36. The van der Waals surface area contributed by atoms with Gasteiger partial charge in [0.1, 0.15) is 0 Å². The molecule has 2 atom stereocenters. The molecular formula is C15H25N3O3. The number of carbonyl (C=O) groups is 3. The molecule has 118 valence electrons. The first kappa shape index (κ1) is 15.8. The summed E-state index contributed by atoms with van der Waals surface area (Å²) in [6, 6.07) is 0.0627. The summed E-state index contributed by atoms with van der Waals surface area (Å²) < 4.78 is 0. The maximum Gasteiger partial charge on any atom is 0.227 e. The first-order chi connectivity index (χ1) is 9.97. The summed E-state index contributed by atoms with van der Waals surface area (Å²) in [7, 11) is 0. The number of rotatable bonds is 2. The zero-order valence-corrected chi connectivity index (χ0v) is 12.9. The standard InChI is InChI=1S/C15H25N3O3/c1-11(19)16-14-6-4-8-18(10-14)15(21)13-5-3-7-17(9-13)12(2)20/h13-14H,3-10H2,1-2H3,(H,16,19)/t13-,14-/m1/s1. The Morgan fingerprint density at radius 2 is 1.62 bits per heavy atom. The highest BCUT2D eigenvalue weighted by molar-refractivity contribution is 5.81. The van der Waals surface area contributed by atoms with Crippen molar-refractivity contribution in [1.82, 2.24) is 15.1 Å². The highest BCUT2D eigenvalue weighted by Gasteiger charge is 2.32. The number of carbonyl (C=O) groups excluding carboxylic acids is 3. The number of nitrogens with one attached hydrogen (secondary N) is 1. The van der Waals surface area contributed by atoms with Crippen LogP contribution in [0.4, 0.5) is 0 Å². The molecule has 2 heterocycles. The van der Waals surface area contributed by atoms with Gasteiger partial charge in [0.25, 0.3) is 0 Å². The maximum atomic E-state index is 12.6. The molecular weight excluding hydrogens is 270 g/mol. The molecule has 0 saturated carbocycles. The monoisotopic (exact) mass is 295 g/mol. The highest BCUT2D eigenvalue weighted by Crippen LogP contribution is 2.21. The van der Waals surface area contributed by atoms with E-state index in [4.69, 9.17) is 0 Å². The van der Waals surface area contributed by atoms with Crippen LogP contribution in [-0.4, -0.2) is 59.7 Å². The molecule has 2 fully saturated rings. The van der Waals surface area contributed by atoms with E-state index in [1.54, 1.807) is 11.8 Å². The van der Waals surface area contributed by atoms with E-state index in [9.17, 15) is 14.4 Å². The molecule has 2 aliphatic rings. The van der Waals surface area contributed by atoms with Gasteiger partial charge in [-0.1, -0.05) is 0 Å². The lowest BCUT2D eigenvalue weighted by Gasteiger charge is -2.38. The molecule has 0 bridgehead atoms. The van der Waals surface area contributed by atoms with Crippen molar-refractivity contribution in [3.8, 4) is 0 Å². The molecule has 0 unspecified atom stereocenters. The van der Waals surface area contributed by atoms with E-state index in [1.807, 2.05) is 4.90 Å². The Morgan fingerprint density at radius 1 is 0.952 bits per heavy atom. The van der Waals surface area contributed by atoms with Gasteiger partial charge >= 0.3 is 0 Å². The second-order valence-electron chi connectivity index (χ2n) is 6.13. The van der Waals surface area contributed by atoms with Crippen molar-refractivity contribution in [2.24, 2.45) is 5.92 Å². The molecule has 0 spiro atoms. The molecule has 2 rings (SSSR count). The van der Waals surface area contributed by atoms with Gasteiger partial charge in [0.15, 0.2) is 0 Å². The number of piperidine rings is 2. The first-order valence-electron chi connectivity index (χ1n) is 7.78. The third-order valence-electron chi connectivity index (χ3n) is 4.36. The number of amides is 3. The molecule has 3 amide bonds. The summed E-state index contributed by atoms with van der Waals surface area (Å²) in [5.41, 5.74) is 0. The van der Waals surface area contributed by atoms with Gasteiger partial charge in [-0.2, -0.15) is 0 Å². The Labute approximate surface area is 125 Å². The van der Waals surface area contributed by atoms with Gasteiger partial charge in [0.2, 0.25) is 17.7 Å². The van der Waals surface area contributed by atoms with Crippen molar-refractivity contribution < 1.29 is 14.4 Å². The highest BCUT2D eigenvalue weighted by atomic mass is 16.2. The van der Waals surface area contributed by atoms with Crippen molar-refractivity contribution in [2.45, 2.75) is 45.6 Å². The molecule has 0 aromatic rings. The summed E-state index contributed by atoms with van der Waals surface area (Å²) >= 11 is 0. The average Bonchev–Trinajstić information content (AvgIpc) is 2.46. The molecule has 0 aliphatic carbocycles. The molecule has 0 aromatic carbocycles. The topological polar surface area (TPSA) is 69.7 Å². The van der Waals surface area contributed by atoms with E-state index in [0.29, 0.717) is 13.1 Å². The van der Waals surface area contributed by atoms with Crippen LogP contribution in [0.25, 0.3) is 0 Å². The summed E-state index contributed by atoms with van der Waals surface area (Å²) in [6.07, 6.45) is 3.58. The van der Waals surface area contributed by atoms with Crippen molar-refractivity contribution >= 4 is 17.7 Å². The maximum absolute atomic E-state index is 12.6. The van der Waals surface area contributed by atoms with Crippen molar-refractivity contribution in [2.75, 3.05) is 26.2 Å². The lowest BCUT2D eigenvalue weighted by molar-refractivity contribution is -0.141. The van der Waals surface area contributed by atoms with Crippen molar-refractivity contribution in [1.29, 1.82) is 0 Å². The Morgan fingerprint density at radius 3 is 2.29 bits per heavy atom. The van der Waals surface area contributed by atoms with Crippen LogP contribution in [0, 0.1) is 5.92 Å². The number of nitrogens with zero attached hydrogens (tertiary/aromatic N) is 2. The van der Waals surface area contributed by atoms with Crippen LogP contribution in [0.1, 0.15) is 39.5 Å². The fourth-order valence-electron chi connectivity index (χ4n) is 3.31.